The highest BCUT2D eigenvalue weighted by Gasteiger charge is 1.98. The lowest BCUT2D eigenvalue weighted by Gasteiger charge is -2.02. The highest BCUT2D eigenvalue weighted by atomic mass is 14.7. The van der Waals surface area contributed by atoms with Gasteiger partial charge in [-0.15, -0.1) is 0 Å². The first-order chi connectivity index (χ1) is 7.27. The molecular formula is C14H13N. The SMILES string of the molecule is C=C(C)c1ccc(-c2ccccc2)nc1. The topological polar surface area (TPSA) is 12.9 Å². The fourth-order valence-corrected chi connectivity index (χ4v) is 1.43. The van der Waals surface area contributed by atoms with E-state index in [1.165, 1.54) is 0 Å². The van der Waals surface area contributed by atoms with Crippen LogP contribution in [-0.4, -0.2) is 4.98 Å². The molecule has 0 fully saturated rings. The number of hydrogen-bond donors (Lipinski definition) is 0. The van der Waals surface area contributed by atoms with E-state index >= 15 is 0 Å². The number of nitrogens with zero attached hydrogens (tertiary/aromatic N) is 1. The maximum atomic E-state index is 4.41. The van der Waals surface area contributed by atoms with Crippen molar-refractivity contribution >= 4 is 5.57 Å². The third-order valence-electron chi connectivity index (χ3n) is 2.33. The van der Waals surface area contributed by atoms with Gasteiger partial charge in [0.2, 0.25) is 0 Å². The Morgan fingerprint density at radius 2 is 1.80 bits per heavy atom. The zero-order valence-electron chi connectivity index (χ0n) is 8.77. The van der Waals surface area contributed by atoms with Crippen molar-refractivity contribution in [3.63, 3.8) is 0 Å². The number of rotatable bonds is 2. The number of pyridine rings is 1. The van der Waals surface area contributed by atoms with Crippen molar-refractivity contribution in [2.45, 2.75) is 6.92 Å². The molecule has 0 atom stereocenters. The van der Waals surface area contributed by atoms with Crippen LogP contribution in [0.3, 0.4) is 0 Å². The van der Waals surface area contributed by atoms with Gasteiger partial charge < -0.3 is 0 Å². The van der Waals surface area contributed by atoms with Crippen molar-refractivity contribution in [3.8, 4) is 11.3 Å². The third-order valence-corrected chi connectivity index (χ3v) is 2.33. The molecule has 0 aliphatic rings. The van der Waals surface area contributed by atoms with Crippen LogP contribution in [0, 0.1) is 0 Å². The maximum absolute atomic E-state index is 4.41. The normalized spacial score (nSPS) is 9.93. The predicted molar refractivity (Wildman–Crippen MR) is 64.4 cm³/mol. The van der Waals surface area contributed by atoms with Crippen LogP contribution in [0.4, 0.5) is 0 Å². The Labute approximate surface area is 90.1 Å². The summed E-state index contributed by atoms with van der Waals surface area (Å²) in [7, 11) is 0. The lowest BCUT2D eigenvalue weighted by atomic mass is 10.1. The van der Waals surface area contributed by atoms with Crippen molar-refractivity contribution < 1.29 is 0 Å². The van der Waals surface area contributed by atoms with Crippen LogP contribution in [0.5, 0.6) is 0 Å². The predicted octanol–water partition coefficient (Wildman–Crippen LogP) is 3.78. The summed E-state index contributed by atoms with van der Waals surface area (Å²) >= 11 is 0. The minimum Gasteiger partial charge on any atom is -0.256 e. The van der Waals surface area contributed by atoms with Gasteiger partial charge in [-0.1, -0.05) is 43.0 Å². The van der Waals surface area contributed by atoms with E-state index in [1.807, 2.05) is 37.4 Å². The van der Waals surface area contributed by atoms with Gasteiger partial charge >= 0.3 is 0 Å². The van der Waals surface area contributed by atoms with E-state index in [4.69, 9.17) is 0 Å². The highest BCUT2D eigenvalue weighted by Crippen LogP contribution is 2.18. The van der Waals surface area contributed by atoms with Crippen molar-refractivity contribution in [2.24, 2.45) is 0 Å². The summed E-state index contributed by atoms with van der Waals surface area (Å²) in [5.41, 5.74) is 4.28. The summed E-state index contributed by atoms with van der Waals surface area (Å²) < 4.78 is 0. The van der Waals surface area contributed by atoms with E-state index < -0.39 is 0 Å². The van der Waals surface area contributed by atoms with E-state index in [0.717, 1.165) is 22.4 Å². The van der Waals surface area contributed by atoms with Crippen molar-refractivity contribution in [2.75, 3.05) is 0 Å². The summed E-state index contributed by atoms with van der Waals surface area (Å²) in [5, 5.41) is 0. The molecule has 0 radical (unpaired) electrons. The first kappa shape index (κ1) is 9.66. The van der Waals surface area contributed by atoms with Gasteiger partial charge in [-0.2, -0.15) is 0 Å². The molecule has 1 aromatic carbocycles. The molecule has 15 heavy (non-hydrogen) atoms. The molecular weight excluding hydrogens is 182 g/mol. The molecule has 74 valence electrons. The van der Waals surface area contributed by atoms with Gasteiger partial charge in [0.05, 0.1) is 5.69 Å². The first-order valence-corrected chi connectivity index (χ1v) is 4.95. The van der Waals surface area contributed by atoms with Crippen LogP contribution < -0.4 is 0 Å². The van der Waals surface area contributed by atoms with E-state index in [2.05, 4.69) is 29.8 Å². The molecule has 0 N–H and O–H groups in total. The zero-order valence-corrected chi connectivity index (χ0v) is 8.77. The van der Waals surface area contributed by atoms with Crippen LogP contribution in [0.15, 0.2) is 55.2 Å². The minimum absolute atomic E-state index is 1.00. The first-order valence-electron chi connectivity index (χ1n) is 4.95. The molecule has 0 amide bonds. The largest absolute Gasteiger partial charge is 0.256 e. The van der Waals surface area contributed by atoms with Gasteiger partial charge in [-0.25, -0.2) is 0 Å². The molecule has 1 nitrogen and oxygen atoms in total. The van der Waals surface area contributed by atoms with Crippen molar-refractivity contribution in [1.82, 2.24) is 4.98 Å². The molecule has 1 heteroatoms. The smallest absolute Gasteiger partial charge is 0.0702 e. The van der Waals surface area contributed by atoms with Crippen LogP contribution >= 0.6 is 0 Å². The van der Waals surface area contributed by atoms with Crippen LogP contribution in [-0.2, 0) is 0 Å². The Morgan fingerprint density at radius 1 is 1.07 bits per heavy atom. The molecule has 0 aliphatic heterocycles. The monoisotopic (exact) mass is 195 g/mol. The highest BCUT2D eigenvalue weighted by molar-refractivity contribution is 5.64. The Kier molecular flexibility index (Phi) is 2.64. The molecule has 0 aliphatic carbocycles. The van der Waals surface area contributed by atoms with Crippen molar-refractivity contribution in [3.05, 3.63) is 60.8 Å². The summed E-state index contributed by atoms with van der Waals surface area (Å²) in [6, 6.07) is 14.2. The summed E-state index contributed by atoms with van der Waals surface area (Å²) in [4.78, 5) is 4.41. The number of aromatic nitrogens is 1. The van der Waals surface area contributed by atoms with E-state index in [9.17, 15) is 0 Å². The standard InChI is InChI=1S/C14H13N/c1-11(2)13-8-9-14(15-10-13)12-6-4-3-5-7-12/h3-10H,1H2,2H3. The van der Waals surface area contributed by atoms with Gasteiger partial charge in [0.25, 0.3) is 0 Å². The molecule has 2 aromatic rings. The molecule has 0 bridgehead atoms. The second kappa shape index (κ2) is 4.09. The Bertz CT molecular complexity index is 454. The third kappa shape index (κ3) is 2.13. The number of benzene rings is 1. The Balaban J connectivity index is 2.36. The molecule has 0 saturated heterocycles. The lowest BCUT2D eigenvalue weighted by Crippen LogP contribution is -1.85. The molecule has 1 heterocycles. The lowest BCUT2D eigenvalue weighted by molar-refractivity contribution is 1.30. The van der Waals surface area contributed by atoms with E-state index in [0.29, 0.717) is 0 Å². The van der Waals surface area contributed by atoms with E-state index in [1.54, 1.807) is 0 Å². The quantitative estimate of drug-likeness (QED) is 0.710. The van der Waals surface area contributed by atoms with Gasteiger partial charge in [0.1, 0.15) is 0 Å². The number of hydrogen-bond acceptors (Lipinski definition) is 1. The Hall–Kier alpha value is -1.89. The van der Waals surface area contributed by atoms with Gasteiger partial charge in [-0.3, -0.25) is 4.98 Å². The average Bonchev–Trinajstić information content (AvgIpc) is 2.30. The minimum atomic E-state index is 1.00. The van der Waals surface area contributed by atoms with Gasteiger partial charge in [0.15, 0.2) is 0 Å². The molecule has 2 rings (SSSR count). The van der Waals surface area contributed by atoms with Crippen LogP contribution in [0.1, 0.15) is 12.5 Å². The zero-order chi connectivity index (χ0) is 10.7. The van der Waals surface area contributed by atoms with Gasteiger partial charge in [0, 0.05) is 11.8 Å². The molecule has 1 aromatic heterocycles. The van der Waals surface area contributed by atoms with Crippen LogP contribution in [0.25, 0.3) is 16.8 Å². The number of allylic oxidation sites excluding steroid dienone is 1. The summed E-state index contributed by atoms with van der Waals surface area (Å²) in [6.07, 6.45) is 1.87. The second-order valence-corrected chi connectivity index (χ2v) is 3.58. The summed E-state index contributed by atoms with van der Waals surface area (Å²) in [6.45, 7) is 5.87. The maximum Gasteiger partial charge on any atom is 0.0702 e. The van der Waals surface area contributed by atoms with Crippen molar-refractivity contribution in [1.29, 1.82) is 0 Å². The molecule has 0 saturated carbocycles. The fraction of sp³-hybridized carbons (Fsp3) is 0.0714. The summed E-state index contributed by atoms with van der Waals surface area (Å²) in [5.74, 6) is 0. The average molecular weight is 195 g/mol. The molecule has 0 spiro atoms. The fourth-order valence-electron chi connectivity index (χ4n) is 1.43. The molecule has 0 unspecified atom stereocenters. The van der Waals surface area contributed by atoms with Crippen LogP contribution in [0.2, 0.25) is 0 Å². The second-order valence-electron chi connectivity index (χ2n) is 3.58. The van der Waals surface area contributed by atoms with Gasteiger partial charge in [-0.05, 0) is 24.1 Å². The van der Waals surface area contributed by atoms with E-state index in [-0.39, 0.29) is 0 Å². The Morgan fingerprint density at radius 3 is 2.33 bits per heavy atom.